The average molecular weight is 293 g/mol. The van der Waals surface area contributed by atoms with E-state index in [0.29, 0.717) is 12.5 Å². The molecule has 0 unspecified atom stereocenters. The molecule has 3 rings (SSSR count). The predicted molar refractivity (Wildman–Crippen MR) is 78.1 cm³/mol. The Bertz CT molecular complexity index is 523. The molecule has 0 radical (unpaired) electrons. The highest BCUT2D eigenvalue weighted by atomic mass is 16.2. The van der Waals surface area contributed by atoms with E-state index in [2.05, 4.69) is 25.4 Å². The van der Waals surface area contributed by atoms with Crippen molar-refractivity contribution in [2.45, 2.75) is 44.6 Å². The summed E-state index contributed by atoms with van der Waals surface area (Å²) in [5.41, 5.74) is -0.454. The van der Waals surface area contributed by atoms with Gasteiger partial charge in [-0.2, -0.15) is 0 Å². The van der Waals surface area contributed by atoms with E-state index >= 15 is 0 Å². The molecule has 7 nitrogen and oxygen atoms in total. The molecule has 1 aromatic rings. The number of aromatic amines is 2. The monoisotopic (exact) mass is 293 g/mol. The first-order valence-corrected chi connectivity index (χ1v) is 7.89. The molecule has 7 heteroatoms. The van der Waals surface area contributed by atoms with Crippen molar-refractivity contribution >= 4 is 5.91 Å². The van der Waals surface area contributed by atoms with Crippen LogP contribution < -0.4 is 11.0 Å². The number of carbonyl (C=O) groups excluding carboxylic acids is 1. The Morgan fingerprint density at radius 1 is 1.24 bits per heavy atom. The lowest BCUT2D eigenvalue weighted by Gasteiger charge is -2.36. The van der Waals surface area contributed by atoms with Gasteiger partial charge in [-0.05, 0) is 44.7 Å². The fraction of sp³-hybridized carbons (Fsp3) is 0.786. The van der Waals surface area contributed by atoms with Crippen molar-refractivity contribution in [2.75, 3.05) is 19.6 Å². The molecule has 1 saturated carbocycles. The van der Waals surface area contributed by atoms with Crippen molar-refractivity contribution in [2.24, 2.45) is 5.92 Å². The average Bonchev–Trinajstić information content (AvgIpc) is 3.16. The molecular formula is C14H23N5O2. The molecule has 2 heterocycles. The van der Waals surface area contributed by atoms with E-state index in [9.17, 15) is 9.59 Å². The van der Waals surface area contributed by atoms with Crippen LogP contribution in [0.15, 0.2) is 4.79 Å². The summed E-state index contributed by atoms with van der Waals surface area (Å²) >= 11 is 0. The Hall–Kier alpha value is -1.63. The quantitative estimate of drug-likeness (QED) is 0.753. The van der Waals surface area contributed by atoms with Crippen LogP contribution in [-0.4, -0.2) is 51.7 Å². The van der Waals surface area contributed by atoms with Gasteiger partial charge in [0.05, 0.1) is 0 Å². The summed E-state index contributed by atoms with van der Waals surface area (Å²) in [5, 5.41) is 8.68. The summed E-state index contributed by atoms with van der Waals surface area (Å²) in [7, 11) is 0. The Morgan fingerprint density at radius 3 is 2.57 bits per heavy atom. The molecule has 1 aromatic heterocycles. The topological polar surface area (TPSA) is 93.9 Å². The number of hydrogen-bond donors (Lipinski definition) is 3. The van der Waals surface area contributed by atoms with Crippen molar-refractivity contribution in [3.05, 3.63) is 16.3 Å². The van der Waals surface area contributed by atoms with Crippen LogP contribution in [-0.2, 0) is 0 Å². The maximum Gasteiger partial charge on any atom is 0.341 e. The second-order valence-corrected chi connectivity index (χ2v) is 6.15. The van der Waals surface area contributed by atoms with Crippen LogP contribution in [0.4, 0.5) is 0 Å². The van der Waals surface area contributed by atoms with Crippen LogP contribution in [0.5, 0.6) is 0 Å². The molecule has 0 spiro atoms. The first-order chi connectivity index (χ1) is 10.2. The van der Waals surface area contributed by atoms with E-state index in [-0.39, 0.29) is 11.7 Å². The van der Waals surface area contributed by atoms with Gasteiger partial charge in [-0.1, -0.05) is 12.8 Å². The molecule has 2 aliphatic rings. The summed E-state index contributed by atoms with van der Waals surface area (Å²) in [6, 6.07) is 0.801. The third-order valence-corrected chi connectivity index (χ3v) is 4.76. The van der Waals surface area contributed by atoms with Gasteiger partial charge in [-0.15, -0.1) is 5.10 Å². The molecular weight excluding hydrogens is 270 g/mol. The van der Waals surface area contributed by atoms with Gasteiger partial charge in [0.25, 0.3) is 5.91 Å². The van der Waals surface area contributed by atoms with E-state index in [0.717, 1.165) is 32.0 Å². The summed E-state index contributed by atoms with van der Waals surface area (Å²) in [5.74, 6) is 0.271. The number of rotatable bonds is 4. The van der Waals surface area contributed by atoms with Crippen LogP contribution in [0.3, 0.4) is 0 Å². The van der Waals surface area contributed by atoms with Gasteiger partial charge in [-0.25, -0.2) is 9.89 Å². The first kappa shape index (κ1) is 14.3. The zero-order chi connectivity index (χ0) is 14.7. The van der Waals surface area contributed by atoms with E-state index in [1.54, 1.807) is 0 Å². The van der Waals surface area contributed by atoms with Gasteiger partial charge in [0.2, 0.25) is 5.82 Å². The van der Waals surface area contributed by atoms with Crippen LogP contribution in [0.1, 0.15) is 49.1 Å². The SMILES string of the molecule is O=C(NCC1CCN(C2CCCC2)CC1)c1n[nH]c(=O)[nH]1. The smallest absolute Gasteiger partial charge is 0.341 e. The van der Waals surface area contributed by atoms with Crippen molar-refractivity contribution in [3.8, 4) is 0 Å². The molecule has 0 atom stereocenters. The summed E-state index contributed by atoms with van der Waals surface area (Å²) < 4.78 is 0. The Balaban J connectivity index is 1.41. The lowest BCUT2D eigenvalue weighted by molar-refractivity contribution is 0.0915. The highest BCUT2D eigenvalue weighted by molar-refractivity contribution is 5.90. The van der Waals surface area contributed by atoms with Crippen LogP contribution in [0, 0.1) is 5.92 Å². The fourth-order valence-corrected chi connectivity index (χ4v) is 3.49. The summed E-state index contributed by atoms with van der Waals surface area (Å²) in [6.45, 7) is 2.95. The van der Waals surface area contributed by atoms with Crippen molar-refractivity contribution in [1.29, 1.82) is 0 Å². The lowest BCUT2D eigenvalue weighted by Crippen LogP contribution is -2.42. The maximum absolute atomic E-state index is 11.8. The minimum absolute atomic E-state index is 0.0587. The van der Waals surface area contributed by atoms with Gasteiger partial charge in [0.15, 0.2) is 0 Å². The lowest BCUT2D eigenvalue weighted by atomic mass is 9.95. The maximum atomic E-state index is 11.8. The second-order valence-electron chi connectivity index (χ2n) is 6.15. The third kappa shape index (κ3) is 3.53. The highest BCUT2D eigenvalue weighted by Gasteiger charge is 2.27. The summed E-state index contributed by atoms with van der Waals surface area (Å²) in [4.78, 5) is 27.7. The number of hydrogen-bond acceptors (Lipinski definition) is 4. The third-order valence-electron chi connectivity index (χ3n) is 4.76. The second kappa shape index (κ2) is 6.43. The largest absolute Gasteiger partial charge is 0.349 e. The van der Waals surface area contributed by atoms with Gasteiger partial charge < -0.3 is 10.2 Å². The number of nitrogens with one attached hydrogen (secondary N) is 3. The number of likely N-dealkylation sites (tertiary alicyclic amines) is 1. The van der Waals surface area contributed by atoms with Gasteiger partial charge in [0.1, 0.15) is 0 Å². The number of H-pyrrole nitrogens is 2. The predicted octanol–water partition coefficient (Wildman–Crippen LogP) is 0.482. The van der Waals surface area contributed by atoms with Gasteiger partial charge in [0, 0.05) is 12.6 Å². The molecule has 1 aliphatic heterocycles. The number of piperidine rings is 1. The van der Waals surface area contributed by atoms with E-state index in [4.69, 9.17) is 0 Å². The molecule has 116 valence electrons. The Morgan fingerprint density at radius 2 is 1.95 bits per heavy atom. The molecule has 21 heavy (non-hydrogen) atoms. The zero-order valence-electron chi connectivity index (χ0n) is 12.2. The van der Waals surface area contributed by atoms with Crippen LogP contribution in [0.25, 0.3) is 0 Å². The molecule has 3 N–H and O–H groups in total. The molecule has 1 aliphatic carbocycles. The van der Waals surface area contributed by atoms with Gasteiger partial charge in [-0.3, -0.25) is 9.78 Å². The van der Waals surface area contributed by atoms with E-state index in [1.165, 1.54) is 25.7 Å². The Kier molecular flexibility index (Phi) is 4.38. The van der Waals surface area contributed by atoms with E-state index < -0.39 is 5.69 Å². The number of carbonyl (C=O) groups is 1. The zero-order valence-corrected chi connectivity index (χ0v) is 12.2. The summed E-state index contributed by atoms with van der Waals surface area (Å²) in [6.07, 6.45) is 7.73. The standard InChI is InChI=1S/C14H23N5O2/c20-13(12-16-14(21)18-17-12)15-9-10-5-7-19(8-6-10)11-3-1-2-4-11/h10-11H,1-9H2,(H,15,20)(H2,16,17,18,21). The fourth-order valence-electron chi connectivity index (χ4n) is 3.49. The van der Waals surface area contributed by atoms with Crippen molar-refractivity contribution in [3.63, 3.8) is 0 Å². The molecule has 1 saturated heterocycles. The van der Waals surface area contributed by atoms with Crippen molar-refractivity contribution < 1.29 is 4.79 Å². The molecule has 0 aromatic carbocycles. The normalized spacial score (nSPS) is 21.7. The van der Waals surface area contributed by atoms with Gasteiger partial charge >= 0.3 is 5.69 Å². The number of amides is 1. The number of aromatic nitrogens is 3. The van der Waals surface area contributed by atoms with E-state index in [1.807, 2.05) is 0 Å². The van der Waals surface area contributed by atoms with Crippen molar-refractivity contribution in [1.82, 2.24) is 25.4 Å². The molecule has 0 bridgehead atoms. The first-order valence-electron chi connectivity index (χ1n) is 7.89. The van der Waals surface area contributed by atoms with Crippen LogP contribution >= 0.6 is 0 Å². The molecule has 1 amide bonds. The van der Waals surface area contributed by atoms with Crippen LogP contribution in [0.2, 0.25) is 0 Å². The minimum atomic E-state index is -0.454. The molecule has 2 fully saturated rings. The number of nitrogens with zero attached hydrogens (tertiary/aromatic N) is 2. The minimum Gasteiger partial charge on any atom is -0.349 e. The Labute approximate surface area is 123 Å². The highest BCUT2D eigenvalue weighted by Crippen LogP contribution is 2.27.